The van der Waals surface area contributed by atoms with E-state index >= 15 is 0 Å². The fourth-order valence-electron chi connectivity index (χ4n) is 4.01. The van der Waals surface area contributed by atoms with Gasteiger partial charge in [0.2, 0.25) is 11.8 Å². The smallest absolute Gasteiger partial charge is 0.353 e. The van der Waals surface area contributed by atoms with E-state index in [1.165, 1.54) is 0 Å². The van der Waals surface area contributed by atoms with Gasteiger partial charge in [0.15, 0.2) is 5.96 Å². The molecule has 2 saturated carbocycles. The number of nitrogens with zero attached hydrogens (tertiary/aromatic N) is 1. The summed E-state index contributed by atoms with van der Waals surface area (Å²) >= 11 is 5.85. The average Bonchev–Trinajstić information content (AvgIpc) is 3.14. The minimum absolute atomic E-state index is 0.0671. The first-order valence-electron chi connectivity index (χ1n) is 10.3. The molecule has 3 aliphatic rings. The normalized spacial score (nSPS) is 35.1. The van der Waals surface area contributed by atoms with Crippen LogP contribution in [-0.4, -0.2) is 53.8 Å². The number of hydrazine groups is 1. The number of hydrogen-bond acceptors (Lipinski definition) is 4. The van der Waals surface area contributed by atoms with Crippen molar-refractivity contribution >= 4 is 23.5 Å². The molecule has 1 aliphatic heterocycles. The summed E-state index contributed by atoms with van der Waals surface area (Å²) in [5, 5.41) is 4.74. The molecule has 5 unspecified atom stereocenters. The molecule has 0 radical (unpaired) electrons. The molecule has 0 aromatic rings. The molecule has 0 aromatic carbocycles. The molecular weight excluding hydrogens is 452 g/mol. The largest absolute Gasteiger partial charge is 0.405 e. The third-order valence-corrected chi connectivity index (χ3v) is 6.42. The number of halogens is 7. The van der Waals surface area contributed by atoms with E-state index in [-0.39, 0.29) is 38.1 Å². The molecule has 2 aliphatic carbocycles. The minimum Gasteiger partial charge on any atom is -0.353 e. The van der Waals surface area contributed by atoms with Crippen molar-refractivity contribution in [3.05, 3.63) is 0 Å². The van der Waals surface area contributed by atoms with E-state index < -0.39 is 60.1 Å². The summed E-state index contributed by atoms with van der Waals surface area (Å²) in [5.41, 5.74) is 4.52. The van der Waals surface area contributed by atoms with Crippen molar-refractivity contribution in [2.24, 2.45) is 10.9 Å². The number of amides is 1. The molecule has 13 heteroatoms. The second-order valence-corrected chi connectivity index (χ2v) is 8.98. The molecule has 3 rings (SSSR count). The van der Waals surface area contributed by atoms with Gasteiger partial charge < -0.3 is 5.32 Å². The lowest BCUT2D eigenvalue weighted by Crippen LogP contribution is -2.51. The van der Waals surface area contributed by atoms with E-state index in [1.807, 2.05) is 0 Å². The molecular formula is C18H26ClF6N5O. The van der Waals surface area contributed by atoms with Gasteiger partial charge in [0.05, 0.1) is 5.38 Å². The highest BCUT2D eigenvalue weighted by Crippen LogP contribution is 2.33. The predicted molar refractivity (Wildman–Crippen MR) is 102 cm³/mol. The van der Waals surface area contributed by atoms with Gasteiger partial charge in [-0.1, -0.05) is 0 Å². The van der Waals surface area contributed by atoms with Gasteiger partial charge in [-0.25, -0.2) is 29.0 Å². The summed E-state index contributed by atoms with van der Waals surface area (Å²) in [6.07, 6.45) is -7.04. The molecule has 178 valence electrons. The van der Waals surface area contributed by atoms with Crippen LogP contribution in [-0.2, 0) is 4.79 Å². The summed E-state index contributed by atoms with van der Waals surface area (Å²) in [5.74, 6) is -4.06. The number of carbonyl (C=O) groups excluding carboxylic acids is 1. The van der Waals surface area contributed by atoms with Gasteiger partial charge in [0.1, 0.15) is 18.4 Å². The Morgan fingerprint density at radius 2 is 1.74 bits per heavy atom. The van der Waals surface area contributed by atoms with Crippen LogP contribution < -0.4 is 21.5 Å². The first-order chi connectivity index (χ1) is 14.4. The molecule has 6 nitrogen and oxygen atoms in total. The van der Waals surface area contributed by atoms with Crippen LogP contribution in [0, 0.1) is 5.92 Å². The minimum atomic E-state index is -4.47. The highest BCUT2D eigenvalue weighted by atomic mass is 35.5. The molecule has 4 N–H and O–H groups in total. The van der Waals surface area contributed by atoms with Crippen molar-refractivity contribution in [1.82, 2.24) is 21.5 Å². The van der Waals surface area contributed by atoms with Crippen LogP contribution in [0.2, 0.25) is 0 Å². The quantitative estimate of drug-likeness (QED) is 0.218. The Morgan fingerprint density at radius 3 is 2.32 bits per heavy atom. The lowest BCUT2D eigenvalue weighted by molar-refractivity contribution is -0.153. The molecule has 5 atom stereocenters. The van der Waals surface area contributed by atoms with Gasteiger partial charge in [0.25, 0.3) is 0 Å². The number of aliphatic imine (C=N–C) groups is 1. The topological polar surface area (TPSA) is 77.5 Å². The maximum absolute atomic E-state index is 13.9. The maximum atomic E-state index is 13.9. The molecule has 1 heterocycles. The molecule has 0 aromatic heterocycles. The van der Waals surface area contributed by atoms with E-state index in [2.05, 4.69) is 26.5 Å². The molecule has 1 saturated heterocycles. The van der Waals surface area contributed by atoms with Crippen LogP contribution in [0.15, 0.2) is 4.99 Å². The van der Waals surface area contributed by atoms with Crippen molar-refractivity contribution < 1.29 is 31.1 Å². The molecule has 0 spiro atoms. The number of nitrogens with one attached hydrogen (secondary N) is 4. The van der Waals surface area contributed by atoms with Gasteiger partial charge in [-0.2, -0.15) is 13.2 Å². The first kappa shape index (κ1) is 24.4. The molecule has 31 heavy (non-hydrogen) atoms. The standard InChI is InChI=1S/C18H26ClF6N5O/c19-11-2-1-9(7-12(11)20)15(31)28-16(26-10-3-5-17(21,22)6-4-10)27-14-8-13(29-30-14)18(23,24)25/h9-14,29-30H,1-8H2,(H2,26,27,28,31). The molecule has 3 fully saturated rings. The zero-order valence-corrected chi connectivity index (χ0v) is 17.4. The summed E-state index contributed by atoms with van der Waals surface area (Å²) in [6, 6.07) is -2.23. The third kappa shape index (κ3) is 6.85. The van der Waals surface area contributed by atoms with E-state index in [9.17, 15) is 31.1 Å². The van der Waals surface area contributed by atoms with Crippen molar-refractivity contribution in [2.75, 3.05) is 0 Å². The average molecular weight is 478 g/mol. The summed E-state index contributed by atoms with van der Waals surface area (Å²) in [7, 11) is 0. The number of carbonyl (C=O) groups is 1. The predicted octanol–water partition coefficient (Wildman–Crippen LogP) is 3.13. The van der Waals surface area contributed by atoms with Gasteiger partial charge >= 0.3 is 6.18 Å². The van der Waals surface area contributed by atoms with Gasteiger partial charge in [-0.05, 0) is 32.1 Å². The summed E-state index contributed by atoms with van der Waals surface area (Å²) < 4.78 is 79.4. The summed E-state index contributed by atoms with van der Waals surface area (Å²) in [6.45, 7) is 0. The highest BCUT2D eigenvalue weighted by Gasteiger charge is 2.44. The monoisotopic (exact) mass is 477 g/mol. The van der Waals surface area contributed by atoms with E-state index in [0.29, 0.717) is 12.8 Å². The van der Waals surface area contributed by atoms with E-state index in [4.69, 9.17) is 11.6 Å². The zero-order valence-electron chi connectivity index (χ0n) is 16.6. The second-order valence-electron chi connectivity index (χ2n) is 8.42. The van der Waals surface area contributed by atoms with Crippen LogP contribution in [0.3, 0.4) is 0 Å². The summed E-state index contributed by atoms with van der Waals surface area (Å²) in [4.78, 5) is 16.8. The number of rotatable bonds is 3. The van der Waals surface area contributed by atoms with Crippen LogP contribution in [0.25, 0.3) is 0 Å². The fourth-order valence-corrected chi connectivity index (χ4v) is 4.24. The zero-order chi connectivity index (χ0) is 22.8. The number of hydrogen-bond donors (Lipinski definition) is 4. The Hall–Kier alpha value is -1.27. The van der Waals surface area contributed by atoms with Crippen molar-refractivity contribution in [3.8, 4) is 0 Å². The molecule has 1 amide bonds. The Labute approximate surface area is 180 Å². The third-order valence-electron chi connectivity index (χ3n) is 5.93. The lowest BCUT2D eigenvalue weighted by atomic mass is 9.87. The van der Waals surface area contributed by atoms with Gasteiger partial charge in [0, 0.05) is 31.2 Å². The van der Waals surface area contributed by atoms with Gasteiger partial charge in [-0.3, -0.25) is 10.1 Å². The Morgan fingerprint density at radius 1 is 1.06 bits per heavy atom. The fraction of sp³-hybridized carbons (Fsp3) is 0.889. The first-order valence-corrected chi connectivity index (χ1v) is 10.8. The van der Waals surface area contributed by atoms with Crippen molar-refractivity contribution in [1.29, 1.82) is 0 Å². The van der Waals surface area contributed by atoms with Crippen LogP contribution in [0.4, 0.5) is 26.3 Å². The van der Waals surface area contributed by atoms with E-state index in [1.54, 1.807) is 0 Å². The maximum Gasteiger partial charge on any atom is 0.405 e. The van der Waals surface area contributed by atoms with Crippen LogP contribution in [0.1, 0.15) is 51.4 Å². The molecule has 0 bridgehead atoms. The Bertz CT molecular complexity index is 668. The van der Waals surface area contributed by atoms with Crippen LogP contribution in [0.5, 0.6) is 0 Å². The second kappa shape index (κ2) is 9.70. The number of alkyl halides is 7. The van der Waals surface area contributed by atoms with Crippen molar-refractivity contribution in [3.63, 3.8) is 0 Å². The number of guanidine groups is 1. The van der Waals surface area contributed by atoms with E-state index in [0.717, 1.165) is 0 Å². The highest BCUT2D eigenvalue weighted by molar-refractivity contribution is 6.21. The lowest BCUT2D eigenvalue weighted by Gasteiger charge is -2.31. The van der Waals surface area contributed by atoms with Crippen molar-refractivity contribution in [2.45, 2.75) is 93.3 Å². The Balaban J connectivity index is 1.66. The van der Waals surface area contributed by atoms with Gasteiger partial charge in [-0.15, -0.1) is 11.6 Å². The Kier molecular flexibility index (Phi) is 7.62. The SMILES string of the molecule is O=C(N/C(=N\C1CC(C(F)(F)F)NN1)NC1CCC(F)(F)CC1)C1CCC(Cl)C(F)C1. The van der Waals surface area contributed by atoms with Crippen LogP contribution >= 0.6 is 11.6 Å².